The maximum absolute atomic E-state index is 11.5. The van der Waals surface area contributed by atoms with E-state index in [1.54, 1.807) is 17.7 Å². The second-order valence-corrected chi connectivity index (χ2v) is 6.10. The highest BCUT2D eigenvalue weighted by atomic mass is 16.5. The molecule has 1 N–H and O–H groups in total. The van der Waals surface area contributed by atoms with Gasteiger partial charge in [-0.2, -0.15) is 10.1 Å². The number of carboxylic acids is 1. The molecule has 24 heavy (non-hydrogen) atoms. The standard InChI is InChI=1S/C16H21N5O3/c1-4-7-21-13-6-5-11(8-12(13)15(18-21)16(22)23)20(3)9-14-17-10(2)19-24-14/h4,11H,1,5-9H2,2-3H3,(H,22,23)/t11-/m0/s1. The van der Waals surface area contributed by atoms with Crippen LogP contribution in [-0.2, 0) is 25.9 Å². The highest BCUT2D eigenvalue weighted by Crippen LogP contribution is 2.27. The quantitative estimate of drug-likeness (QED) is 0.800. The average molecular weight is 331 g/mol. The lowest BCUT2D eigenvalue weighted by Crippen LogP contribution is -2.36. The van der Waals surface area contributed by atoms with E-state index >= 15 is 0 Å². The van der Waals surface area contributed by atoms with Gasteiger partial charge in [0, 0.05) is 17.3 Å². The monoisotopic (exact) mass is 331 g/mol. The van der Waals surface area contributed by atoms with Crippen molar-refractivity contribution in [2.45, 2.75) is 45.3 Å². The van der Waals surface area contributed by atoms with E-state index in [4.69, 9.17) is 4.52 Å². The van der Waals surface area contributed by atoms with Gasteiger partial charge in [-0.05, 0) is 33.2 Å². The molecule has 2 aromatic rings. The summed E-state index contributed by atoms with van der Waals surface area (Å²) in [6.45, 7) is 6.57. The van der Waals surface area contributed by atoms with Crippen LogP contribution in [0.4, 0.5) is 0 Å². The van der Waals surface area contributed by atoms with Gasteiger partial charge in [-0.15, -0.1) is 6.58 Å². The van der Waals surface area contributed by atoms with Crippen molar-refractivity contribution in [1.82, 2.24) is 24.8 Å². The van der Waals surface area contributed by atoms with Gasteiger partial charge in [0.25, 0.3) is 0 Å². The Bertz CT molecular complexity index is 764. The number of rotatable bonds is 6. The van der Waals surface area contributed by atoms with Gasteiger partial charge in [-0.1, -0.05) is 11.2 Å². The highest BCUT2D eigenvalue weighted by Gasteiger charge is 2.30. The van der Waals surface area contributed by atoms with E-state index in [1.807, 2.05) is 7.05 Å². The van der Waals surface area contributed by atoms with E-state index < -0.39 is 5.97 Å². The van der Waals surface area contributed by atoms with Gasteiger partial charge in [0.05, 0.1) is 13.1 Å². The molecule has 0 spiro atoms. The molecule has 2 heterocycles. The van der Waals surface area contributed by atoms with Crippen molar-refractivity contribution in [3.63, 3.8) is 0 Å². The van der Waals surface area contributed by atoms with E-state index in [2.05, 4.69) is 26.7 Å². The van der Waals surface area contributed by atoms with Crippen molar-refractivity contribution in [3.05, 3.63) is 41.3 Å². The highest BCUT2D eigenvalue weighted by molar-refractivity contribution is 5.87. The molecule has 0 amide bonds. The molecule has 0 saturated carbocycles. The molecule has 1 aliphatic carbocycles. The zero-order valence-electron chi connectivity index (χ0n) is 13.9. The summed E-state index contributed by atoms with van der Waals surface area (Å²) >= 11 is 0. The Morgan fingerprint density at radius 3 is 3.00 bits per heavy atom. The smallest absolute Gasteiger partial charge is 0.356 e. The minimum absolute atomic E-state index is 0.151. The summed E-state index contributed by atoms with van der Waals surface area (Å²) in [4.78, 5) is 17.9. The van der Waals surface area contributed by atoms with Crippen LogP contribution in [0.5, 0.6) is 0 Å². The van der Waals surface area contributed by atoms with Crippen LogP contribution in [0, 0.1) is 6.92 Å². The first-order valence-corrected chi connectivity index (χ1v) is 7.91. The van der Waals surface area contributed by atoms with E-state index in [0.717, 1.165) is 24.1 Å². The first-order valence-electron chi connectivity index (χ1n) is 7.91. The number of hydrogen-bond donors (Lipinski definition) is 1. The Kier molecular flexibility index (Phi) is 4.48. The Balaban J connectivity index is 1.80. The number of fused-ring (bicyclic) bond motifs is 1. The molecule has 0 aromatic carbocycles. The second-order valence-electron chi connectivity index (χ2n) is 6.10. The Morgan fingerprint density at radius 1 is 1.58 bits per heavy atom. The number of carboxylic acid groups (broad SMARTS) is 1. The third kappa shape index (κ3) is 3.09. The number of hydrogen-bond acceptors (Lipinski definition) is 6. The number of likely N-dealkylation sites (N-methyl/N-ethyl adjacent to an activating group) is 1. The minimum atomic E-state index is -0.982. The lowest BCUT2D eigenvalue weighted by atomic mass is 9.90. The summed E-state index contributed by atoms with van der Waals surface area (Å²) < 4.78 is 6.92. The van der Waals surface area contributed by atoms with Gasteiger partial charge >= 0.3 is 5.97 Å². The normalized spacial score (nSPS) is 17.0. The van der Waals surface area contributed by atoms with Crippen LogP contribution in [0.25, 0.3) is 0 Å². The van der Waals surface area contributed by atoms with Crippen molar-refractivity contribution in [2.24, 2.45) is 0 Å². The van der Waals surface area contributed by atoms with E-state index in [-0.39, 0.29) is 11.7 Å². The lowest BCUT2D eigenvalue weighted by molar-refractivity contribution is 0.0687. The molecule has 0 bridgehead atoms. The topological polar surface area (TPSA) is 97.3 Å². The van der Waals surface area contributed by atoms with Crippen molar-refractivity contribution in [3.8, 4) is 0 Å². The van der Waals surface area contributed by atoms with Crippen molar-refractivity contribution < 1.29 is 14.4 Å². The van der Waals surface area contributed by atoms with Gasteiger partial charge in [0.2, 0.25) is 5.89 Å². The first-order chi connectivity index (χ1) is 11.5. The van der Waals surface area contributed by atoms with Crippen LogP contribution in [0.1, 0.15) is 39.9 Å². The van der Waals surface area contributed by atoms with Crippen LogP contribution in [0.3, 0.4) is 0 Å². The molecule has 128 valence electrons. The van der Waals surface area contributed by atoms with Crippen LogP contribution in [0.2, 0.25) is 0 Å². The summed E-state index contributed by atoms with van der Waals surface area (Å²) in [5.74, 6) is 0.203. The molecule has 0 radical (unpaired) electrons. The molecular weight excluding hydrogens is 310 g/mol. The summed E-state index contributed by atoms with van der Waals surface area (Å²) in [5.41, 5.74) is 1.98. The SMILES string of the molecule is C=CCn1nc(C(=O)O)c2c1CC[C@H](N(C)Cc1nc(C)no1)C2. The molecule has 0 fully saturated rings. The zero-order chi connectivity index (χ0) is 17.3. The maximum atomic E-state index is 11.5. The fourth-order valence-corrected chi connectivity index (χ4v) is 3.24. The molecule has 8 nitrogen and oxygen atoms in total. The van der Waals surface area contributed by atoms with Gasteiger partial charge in [0.15, 0.2) is 11.5 Å². The van der Waals surface area contributed by atoms with Gasteiger partial charge in [0.1, 0.15) is 0 Å². The van der Waals surface area contributed by atoms with Crippen molar-refractivity contribution >= 4 is 5.97 Å². The number of allylic oxidation sites excluding steroid dienone is 1. The Morgan fingerprint density at radius 2 is 2.38 bits per heavy atom. The second kappa shape index (κ2) is 6.56. The van der Waals surface area contributed by atoms with E-state index in [1.165, 1.54) is 0 Å². The van der Waals surface area contributed by atoms with Crippen LogP contribution < -0.4 is 0 Å². The molecular formula is C16H21N5O3. The van der Waals surface area contributed by atoms with Gasteiger partial charge in [-0.25, -0.2) is 4.79 Å². The van der Waals surface area contributed by atoms with Crippen LogP contribution in [0.15, 0.2) is 17.2 Å². The van der Waals surface area contributed by atoms with Gasteiger partial charge < -0.3 is 9.63 Å². The molecule has 1 aliphatic rings. The predicted molar refractivity (Wildman–Crippen MR) is 85.7 cm³/mol. The summed E-state index contributed by atoms with van der Waals surface area (Å²) in [7, 11) is 1.99. The molecule has 0 aliphatic heterocycles. The third-order valence-corrected chi connectivity index (χ3v) is 4.40. The summed E-state index contributed by atoms with van der Waals surface area (Å²) in [5, 5.41) is 17.5. The molecule has 1 atom stereocenters. The van der Waals surface area contributed by atoms with Crippen molar-refractivity contribution in [1.29, 1.82) is 0 Å². The molecule has 2 aromatic heterocycles. The molecule has 0 unspecified atom stereocenters. The van der Waals surface area contributed by atoms with Crippen LogP contribution >= 0.6 is 0 Å². The average Bonchev–Trinajstić information content (AvgIpc) is 3.11. The molecule has 8 heteroatoms. The summed E-state index contributed by atoms with van der Waals surface area (Å²) in [6.07, 6.45) is 4.10. The Hall–Kier alpha value is -2.48. The predicted octanol–water partition coefficient (Wildman–Crippen LogP) is 1.45. The number of aromatic carboxylic acids is 1. The third-order valence-electron chi connectivity index (χ3n) is 4.40. The fourth-order valence-electron chi connectivity index (χ4n) is 3.24. The van der Waals surface area contributed by atoms with E-state index in [9.17, 15) is 9.90 Å². The zero-order valence-corrected chi connectivity index (χ0v) is 13.9. The summed E-state index contributed by atoms with van der Waals surface area (Å²) in [6, 6.07) is 0.212. The molecule has 3 rings (SSSR count). The Labute approximate surface area is 139 Å². The first kappa shape index (κ1) is 16.4. The molecule has 0 saturated heterocycles. The van der Waals surface area contributed by atoms with Crippen molar-refractivity contribution in [2.75, 3.05) is 7.05 Å². The number of aryl methyl sites for hydroxylation is 1. The minimum Gasteiger partial charge on any atom is -0.476 e. The fraction of sp³-hybridized carbons (Fsp3) is 0.500. The number of aromatic nitrogens is 4. The lowest BCUT2D eigenvalue weighted by Gasteiger charge is -2.30. The van der Waals surface area contributed by atoms with E-state index in [0.29, 0.717) is 31.2 Å². The largest absolute Gasteiger partial charge is 0.476 e. The van der Waals surface area contributed by atoms with Crippen LogP contribution in [-0.4, -0.2) is 49.0 Å². The number of carbonyl (C=O) groups is 1. The number of nitrogens with zero attached hydrogens (tertiary/aromatic N) is 5. The maximum Gasteiger partial charge on any atom is 0.356 e. The van der Waals surface area contributed by atoms with Gasteiger partial charge in [-0.3, -0.25) is 9.58 Å².